The minimum absolute atomic E-state index is 0.0725. The lowest BCUT2D eigenvalue weighted by Gasteiger charge is -2.31. The number of carbonyl (C=O) groups excluding carboxylic acids is 1. The van der Waals surface area contributed by atoms with Crippen molar-refractivity contribution in [3.8, 4) is 0 Å². The van der Waals surface area contributed by atoms with E-state index >= 15 is 0 Å². The number of urea groups is 1. The van der Waals surface area contributed by atoms with E-state index in [9.17, 15) is 4.79 Å². The molecule has 2 amide bonds. The van der Waals surface area contributed by atoms with Crippen molar-refractivity contribution in [3.63, 3.8) is 0 Å². The highest BCUT2D eigenvalue weighted by Gasteiger charge is 2.27. The number of hydrogen-bond acceptors (Lipinski definition) is 3. The van der Waals surface area contributed by atoms with Crippen LogP contribution in [0.3, 0.4) is 0 Å². The Bertz CT molecular complexity index is 944. The van der Waals surface area contributed by atoms with E-state index in [-0.39, 0.29) is 6.03 Å². The van der Waals surface area contributed by atoms with Crippen LogP contribution in [-0.4, -0.2) is 18.3 Å². The van der Waals surface area contributed by atoms with Crippen LogP contribution in [0.5, 0.6) is 0 Å². The lowest BCUT2D eigenvalue weighted by Crippen LogP contribution is -2.39. The summed E-state index contributed by atoms with van der Waals surface area (Å²) in [5.41, 5.74) is 4.56. The summed E-state index contributed by atoms with van der Waals surface area (Å²) >= 11 is 3.55. The molecule has 0 unspecified atom stereocenters. The van der Waals surface area contributed by atoms with Gasteiger partial charge in [0.15, 0.2) is 0 Å². The second-order valence-electron chi connectivity index (χ2n) is 6.58. The van der Waals surface area contributed by atoms with E-state index in [0.717, 1.165) is 32.7 Å². The summed E-state index contributed by atoms with van der Waals surface area (Å²) in [5.74, 6) is 1.85. The quantitative estimate of drug-likeness (QED) is 0.509. The fourth-order valence-corrected chi connectivity index (χ4v) is 5.18. The zero-order valence-electron chi connectivity index (χ0n) is 15.7. The number of benzene rings is 3. The molecule has 0 aromatic heterocycles. The Labute approximate surface area is 174 Å². The molecular weight excluding hydrogens is 384 g/mol. The zero-order chi connectivity index (χ0) is 19.3. The topological polar surface area (TPSA) is 32.3 Å². The third-order valence-corrected chi connectivity index (χ3v) is 6.81. The third kappa shape index (κ3) is 4.05. The molecule has 0 fully saturated rings. The summed E-state index contributed by atoms with van der Waals surface area (Å²) in [6.45, 7) is 2.78. The maximum Gasteiger partial charge on any atom is 0.326 e. The molecule has 1 aliphatic heterocycles. The number of thioether (sulfide) groups is 1. The van der Waals surface area contributed by atoms with Crippen molar-refractivity contribution in [2.45, 2.75) is 22.5 Å². The normalized spacial score (nSPS) is 12.2. The lowest BCUT2D eigenvalue weighted by atomic mass is 10.1. The first-order valence-corrected chi connectivity index (χ1v) is 11.3. The molecule has 28 heavy (non-hydrogen) atoms. The van der Waals surface area contributed by atoms with E-state index in [2.05, 4.69) is 48.6 Å². The Morgan fingerprint density at radius 3 is 2.21 bits per heavy atom. The van der Waals surface area contributed by atoms with Gasteiger partial charge in [-0.15, -0.1) is 0 Å². The van der Waals surface area contributed by atoms with Gasteiger partial charge < -0.3 is 5.32 Å². The second-order valence-corrected chi connectivity index (χ2v) is 8.77. The van der Waals surface area contributed by atoms with Crippen LogP contribution in [0, 0.1) is 6.92 Å². The number of nitrogens with one attached hydrogen (secondary N) is 1. The standard InChI is InChI=1S/C23H22N2OS2/c1-17-8-2-3-9-18(17)16-27-15-14-24-23(26)25-19-10-4-6-12-21(19)28-22-13-7-5-11-20(22)25/h2-13H,14-16H2,1H3,(H,24,26). The van der Waals surface area contributed by atoms with E-state index in [0.29, 0.717) is 6.54 Å². The van der Waals surface area contributed by atoms with Gasteiger partial charge in [-0.25, -0.2) is 4.79 Å². The van der Waals surface area contributed by atoms with Crippen molar-refractivity contribution in [2.75, 3.05) is 17.2 Å². The Balaban J connectivity index is 1.39. The fraction of sp³-hybridized carbons (Fsp3) is 0.174. The number of hydrogen-bond donors (Lipinski definition) is 1. The van der Waals surface area contributed by atoms with Gasteiger partial charge in [-0.2, -0.15) is 11.8 Å². The van der Waals surface area contributed by atoms with Gasteiger partial charge in [-0.05, 0) is 42.3 Å². The van der Waals surface area contributed by atoms with Crippen LogP contribution in [0.25, 0.3) is 0 Å². The summed E-state index contributed by atoms with van der Waals surface area (Å²) in [6, 6.07) is 24.5. The number of nitrogens with zero attached hydrogens (tertiary/aromatic N) is 1. The first-order chi connectivity index (χ1) is 13.7. The molecule has 0 radical (unpaired) electrons. The minimum atomic E-state index is -0.0725. The van der Waals surface area contributed by atoms with Crippen LogP contribution in [0.1, 0.15) is 11.1 Å². The van der Waals surface area contributed by atoms with E-state index < -0.39 is 0 Å². The highest BCUT2D eigenvalue weighted by Crippen LogP contribution is 2.47. The Morgan fingerprint density at radius 1 is 0.929 bits per heavy atom. The molecule has 0 bridgehead atoms. The number of anilines is 2. The molecule has 0 aliphatic carbocycles. The molecule has 3 aromatic rings. The Morgan fingerprint density at radius 2 is 1.54 bits per heavy atom. The highest BCUT2D eigenvalue weighted by molar-refractivity contribution is 7.99. The maximum atomic E-state index is 13.0. The van der Waals surface area contributed by atoms with Gasteiger partial charge in [0, 0.05) is 27.8 Å². The van der Waals surface area contributed by atoms with Gasteiger partial charge in [0.05, 0.1) is 11.4 Å². The summed E-state index contributed by atoms with van der Waals surface area (Å²) < 4.78 is 0. The summed E-state index contributed by atoms with van der Waals surface area (Å²) in [6.07, 6.45) is 0. The number of fused-ring (bicyclic) bond motifs is 2. The van der Waals surface area contributed by atoms with Crippen molar-refractivity contribution < 1.29 is 4.79 Å². The smallest absolute Gasteiger partial charge is 0.326 e. The van der Waals surface area contributed by atoms with Crippen molar-refractivity contribution in [3.05, 3.63) is 83.9 Å². The summed E-state index contributed by atoms with van der Waals surface area (Å²) in [4.78, 5) is 17.0. The van der Waals surface area contributed by atoms with Crippen molar-refractivity contribution >= 4 is 40.9 Å². The van der Waals surface area contributed by atoms with E-state index in [1.165, 1.54) is 11.1 Å². The third-order valence-electron chi connectivity index (χ3n) is 4.68. The Hall–Kier alpha value is -2.37. The van der Waals surface area contributed by atoms with Crippen LogP contribution in [0.4, 0.5) is 16.2 Å². The molecular formula is C23H22N2OS2. The van der Waals surface area contributed by atoms with Crippen molar-refractivity contribution in [1.29, 1.82) is 0 Å². The molecule has 0 saturated carbocycles. The number of para-hydroxylation sites is 2. The molecule has 3 aromatic carbocycles. The SMILES string of the molecule is Cc1ccccc1CSCCNC(=O)N1c2ccccc2Sc2ccccc21. The molecule has 1 heterocycles. The van der Waals surface area contributed by atoms with E-state index in [4.69, 9.17) is 0 Å². The first-order valence-electron chi connectivity index (χ1n) is 9.30. The van der Waals surface area contributed by atoms with Crippen LogP contribution in [0.15, 0.2) is 82.6 Å². The molecule has 1 aliphatic rings. The maximum absolute atomic E-state index is 13.0. The average molecular weight is 407 g/mol. The van der Waals surface area contributed by atoms with E-state index in [1.54, 1.807) is 16.7 Å². The predicted octanol–water partition coefficient (Wildman–Crippen LogP) is 6.24. The molecule has 0 saturated heterocycles. The fourth-order valence-electron chi connectivity index (χ4n) is 3.19. The highest BCUT2D eigenvalue weighted by atomic mass is 32.2. The molecule has 0 atom stereocenters. The van der Waals surface area contributed by atoms with Gasteiger partial charge in [-0.3, -0.25) is 4.90 Å². The lowest BCUT2D eigenvalue weighted by molar-refractivity contribution is 0.249. The summed E-state index contributed by atoms with van der Waals surface area (Å²) in [7, 11) is 0. The number of aryl methyl sites for hydroxylation is 1. The van der Waals surface area contributed by atoms with Crippen LogP contribution in [0.2, 0.25) is 0 Å². The monoisotopic (exact) mass is 406 g/mol. The zero-order valence-corrected chi connectivity index (χ0v) is 17.4. The molecule has 0 spiro atoms. The van der Waals surface area contributed by atoms with Gasteiger partial charge in [0.1, 0.15) is 0 Å². The molecule has 3 nitrogen and oxygen atoms in total. The minimum Gasteiger partial charge on any atom is -0.337 e. The molecule has 4 rings (SSSR count). The Kier molecular flexibility index (Phi) is 5.93. The number of amides is 2. The van der Waals surface area contributed by atoms with Gasteiger partial charge in [0.25, 0.3) is 0 Å². The van der Waals surface area contributed by atoms with Gasteiger partial charge in [0.2, 0.25) is 0 Å². The molecule has 5 heteroatoms. The first kappa shape index (κ1) is 19.0. The largest absolute Gasteiger partial charge is 0.337 e. The second kappa shape index (κ2) is 8.76. The van der Waals surface area contributed by atoms with Crippen LogP contribution >= 0.6 is 23.5 Å². The van der Waals surface area contributed by atoms with Crippen molar-refractivity contribution in [1.82, 2.24) is 5.32 Å². The van der Waals surface area contributed by atoms with Gasteiger partial charge >= 0.3 is 6.03 Å². The number of carbonyl (C=O) groups is 1. The van der Waals surface area contributed by atoms with Crippen LogP contribution in [-0.2, 0) is 5.75 Å². The van der Waals surface area contributed by atoms with Crippen molar-refractivity contribution in [2.24, 2.45) is 0 Å². The average Bonchev–Trinajstić information content (AvgIpc) is 2.72. The molecule has 1 N–H and O–H groups in total. The van der Waals surface area contributed by atoms with E-state index in [1.807, 2.05) is 48.2 Å². The predicted molar refractivity (Wildman–Crippen MR) is 120 cm³/mol. The van der Waals surface area contributed by atoms with Gasteiger partial charge in [-0.1, -0.05) is 60.3 Å². The molecule has 142 valence electrons. The number of rotatable bonds is 5. The summed E-state index contributed by atoms with van der Waals surface area (Å²) in [5, 5.41) is 3.09. The van der Waals surface area contributed by atoms with Crippen LogP contribution < -0.4 is 10.2 Å².